The average molecular weight is 412 g/mol. The lowest BCUT2D eigenvalue weighted by molar-refractivity contribution is -0.385. The number of hydrogen-bond donors (Lipinski definition) is 0. The number of nitro benzene ring substituents is 1. The summed E-state index contributed by atoms with van der Waals surface area (Å²) in [7, 11) is 0. The number of amides is 1. The Hall–Kier alpha value is -3.13. The standard InChI is InChI=1S/C21H20N2O5S/c1-15-12-13-22(18-8-4-5-9-19(18)29-15)20(24)14-28-21(25)11-10-16-6-2-3-7-17(16)23(26)27/h2-11,15H,12-14H2,1H3/b11-10+/t15-/m1/s1. The number of nitro groups is 1. The molecule has 7 nitrogen and oxygen atoms in total. The Morgan fingerprint density at radius 3 is 2.76 bits per heavy atom. The monoisotopic (exact) mass is 412 g/mol. The van der Waals surface area contributed by atoms with E-state index in [4.69, 9.17) is 4.74 Å². The third-order valence-electron chi connectivity index (χ3n) is 4.41. The van der Waals surface area contributed by atoms with Crippen LogP contribution < -0.4 is 4.90 Å². The lowest BCUT2D eigenvalue weighted by atomic mass is 10.1. The van der Waals surface area contributed by atoms with E-state index in [1.165, 1.54) is 18.2 Å². The predicted octanol–water partition coefficient (Wildman–Crippen LogP) is 4.07. The van der Waals surface area contributed by atoms with Crippen molar-refractivity contribution in [2.75, 3.05) is 18.1 Å². The van der Waals surface area contributed by atoms with Crippen molar-refractivity contribution in [1.29, 1.82) is 0 Å². The van der Waals surface area contributed by atoms with Crippen molar-refractivity contribution in [2.24, 2.45) is 0 Å². The molecule has 2 aromatic carbocycles. The summed E-state index contributed by atoms with van der Waals surface area (Å²) in [6.07, 6.45) is 3.23. The summed E-state index contributed by atoms with van der Waals surface area (Å²) in [4.78, 5) is 37.8. The van der Waals surface area contributed by atoms with Crippen LogP contribution in [0.25, 0.3) is 6.08 Å². The number of carbonyl (C=O) groups excluding carboxylic acids is 2. The van der Waals surface area contributed by atoms with Crippen molar-refractivity contribution in [1.82, 2.24) is 0 Å². The Labute approximate surface area is 172 Å². The molecule has 0 fully saturated rings. The molecule has 2 aromatic rings. The van der Waals surface area contributed by atoms with Crippen LogP contribution in [0.15, 0.2) is 59.5 Å². The summed E-state index contributed by atoms with van der Waals surface area (Å²) in [5.74, 6) is -1.04. The minimum absolute atomic E-state index is 0.111. The molecule has 1 heterocycles. The zero-order chi connectivity index (χ0) is 20.8. The molecule has 0 aliphatic carbocycles. The minimum atomic E-state index is -0.734. The number of fused-ring (bicyclic) bond motifs is 1. The topological polar surface area (TPSA) is 89.8 Å². The van der Waals surface area contributed by atoms with E-state index in [0.717, 1.165) is 23.1 Å². The van der Waals surface area contributed by atoms with Gasteiger partial charge < -0.3 is 9.64 Å². The van der Waals surface area contributed by atoms with E-state index < -0.39 is 17.5 Å². The van der Waals surface area contributed by atoms with Gasteiger partial charge in [-0.3, -0.25) is 14.9 Å². The Morgan fingerprint density at radius 2 is 1.97 bits per heavy atom. The molecule has 1 aliphatic heterocycles. The van der Waals surface area contributed by atoms with E-state index in [-0.39, 0.29) is 17.2 Å². The van der Waals surface area contributed by atoms with E-state index in [1.807, 2.05) is 24.3 Å². The number of benzene rings is 2. The summed E-state index contributed by atoms with van der Waals surface area (Å²) in [6.45, 7) is 2.27. The Balaban J connectivity index is 1.64. The van der Waals surface area contributed by atoms with Gasteiger partial charge in [0.2, 0.25) is 0 Å². The molecule has 8 heteroatoms. The second kappa shape index (κ2) is 9.38. The smallest absolute Gasteiger partial charge is 0.331 e. The maximum atomic E-state index is 12.7. The molecule has 0 N–H and O–H groups in total. The van der Waals surface area contributed by atoms with Crippen molar-refractivity contribution in [3.05, 3.63) is 70.3 Å². The van der Waals surface area contributed by atoms with Crippen LogP contribution in [0.4, 0.5) is 11.4 Å². The van der Waals surface area contributed by atoms with E-state index >= 15 is 0 Å². The van der Waals surface area contributed by atoms with Gasteiger partial charge in [-0.25, -0.2) is 4.79 Å². The summed E-state index contributed by atoms with van der Waals surface area (Å²) in [5, 5.41) is 11.4. The van der Waals surface area contributed by atoms with Gasteiger partial charge in [0.05, 0.1) is 16.2 Å². The molecule has 0 aromatic heterocycles. The lowest BCUT2D eigenvalue weighted by Crippen LogP contribution is -2.35. The zero-order valence-electron chi connectivity index (χ0n) is 15.8. The van der Waals surface area contributed by atoms with Crippen molar-refractivity contribution < 1.29 is 19.2 Å². The first kappa shape index (κ1) is 20.6. The van der Waals surface area contributed by atoms with Gasteiger partial charge in [-0.2, -0.15) is 0 Å². The zero-order valence-corrected chi connectivity index (χ0v) is 16.6. The highest BCUT2D eigenvalue weighted by Gasteiger charge is 2.24. The van der Waals surface area contributed by atoms with Crippen LogP contribution in [0.3, 0.4) is 0 Å². The average Bonchev–Trinajstić information content (AvgIpc) is 2.88. The van der Waals surface area contributed by atoms with Gasteiger partial charge in [0.15, 0.2) is 6.61 Å². The van der Waals surface area contributed by atoms with Crippen molar-refractivity contribution in [2.45, 2.75) is 23.5 Å². The first-order valence-corrected chi connectivity index (χ1v) is 9.98. The molecule has 0 spiro atoms. The second-order valence-electron chi connectivity index (χ2n) is 6.49. The van der Waals surface area contributed by atoms with Gasteiger partial charge in [0.1, 0.15) is 0 Å². The molecule has 0 saturated heterocycles. The molecular weight excluding hydrogens is 392 g/mol. The fraction of sp³-hybridized carbons (Fsp3) is 0.238. The maximum Gasteiger partial charge on any atom is 0.331 e. The number of anilines is 1. The molecule has 150 valence electrons. The first-order chi connectivity index (χ1) is 14.0. The Kier molecular flexibility index (Phi) is 6.66. The number of hydrogen-bond acceptors (Lipinski definition) is 6. The number of nitrogens with zero attached hydrogens (tertiary/aromatic N) is 2. The molecular formula is C21H20N2O5S. The van der Waals surface area contributed by atoms with Crippen LogP contribution in [0.5, 0.6) is 0 Å². The molecule has 0 bridgehead atoms. The SMILES string of the molecule is C[C@@H]1CCN(C(=O)COC(=O)/C=C/c2ccccc2[N+](=O)[O-])c2ccccc2S1. The summed E-state index contributed by atoms with van der Waals surface area (Å²) < 4.78 is 5.07. The third kappa shape index (κ3) is 5.23. The third-order valence-corrected chi connectivity index (χ3v) is 5.65. The van der Waals surface area contributed by atoms with Crippen LogP contribution in [-0.2, 0) is 14.3 Å². The van der Waals surface area contributed by atoms with E-state index in [1.54, 1.807) is 28.8 Å². The summed E-state index contributed by atoms with van der Waals surface area (Å²) in [6, 6.07) is 13.7. The fourth-order valence-electron chi connectivity index (χ4n) is 2.96. The maximum absolute atomic E-state index is 12.7. The number of thioether (sulfide) groups is 1. The van der Waals surface area contributed by atoms with Gasteiger partial charge in [-0.15, -0.1) is 11.8 Å². The number of ether oxygens (including phenoxy) is 1. The number of carbonyl (C=O) groups is 2. The molecule has 29 heavy (non-hydrogen) atoms. The van der Waals surface area contributed by atoms with Gasteiger partial charge in [0, 0.05) is 28.8 Å². The molecule has 0 radical (unpaired) electrons. The molecule has 1 amide bonds. The largest absolute Gasteiger partial charge is 0.452 e. The summed E-state index contributed by atoms with van der Waals surface area (Å²) >= 11 is 1.72. The number of rotatable bonds is 5. The molecule has 1 aliphatic rings. The van der Waals surface area contributed by atoms with Crippen LogP contribution in [0.1, 0.15) is 18.9 Å². The fourth-order valence-corrected chi connectivity index (χ4v) is 4.07. The summed E-state index contributed by atoms with van der Waals surface area (Å²) in [5.41, 5.74) is 0.993. The Bertz CT molecular complexity index is 960. The van der Waals surface area contributed by atoms with E-state index in [9.17, 15) is 19.7 Å². The quantitative estimate of drug-likeness (QED) is 0.318. The highest BCUT2D eigenvalue weighted by atomic mass is 32.2. The first-order valence-electron chi connectivity index (χ1n) is 9.10. The molecule has 1 atom stereocenters. The molecule has 0 unspecified atom stereocenters. The normalized spacial score (nSPS) is 16.2. The van der Waals surface area contributed by atoms with Gasteiger partial charge in [0.25, 0.3) is 11.6 Å². The van der Waals surface area contributed by atoms with E-state index in [2.05, 4.69) is 6.92 Å². The highest BCUT2D eigenvalue weighted by molar-refractivity contribution is 8.00. The van der Waals surface area contributed by atoms with Gasteiger partial charge in [-0.05, 0) is 30.7 Å². The van der Waals surface area contributed by atoms with Gasteiger partial charge >= 0.3 is 5.97 Å². The lowest BCUT2D eigenvalue weighted by Gasteiger charge is -2.22. The Morgan fingerprint density at radius 1 is 1.24 bits per heavy atom. The van der Waals surface area contributed by atoms with Crippen LogP contribution >= 0.6 is 11.8 Å². The molecule has 0 saturated carbocycles. The predicted molar refractivity (Wildman–Crippen MR) is 112 cm³/mol. The van der Waals surface area contributed by atoms with Crippen LogP contribution in [0, 0.1) is 10.1 Å². The van der Waals surface area contributed by atoms with E-state index in [0.29, 0.717) is 11.8 Å². The van der Waals surface area contributed by atoms with Crippen molar-refractivity contribution >= 4 is 41.1 Å². The highest BCUT2D eigenvalue weighted by Crippen LogP contribution is 2.37. The second-order valence-corrected chi connectivity index (χ2v) is 7.97. The van der Waals surface area contributed by atoms with Crippen LogP contribution in [-0.4, -0.2) is 35.2 Å². The van der Waals surface area contributed by atoms with Crippen molar-refractivity contribution in [3.8, 4) is 0 Å². The number of esters is 1. The van der Waals surface area contributed by atoms with Gasteiger partial charge in [-0.1, -0.05) is 31.2 Å². The van der Waals surface area contributed by atoms with Crippen molar-refractivity contribution in [3.63, 3.8) is 0 Å². The minimum Gasteiger partial charge on any atom is -0.452 e. The number of para-hydroxylation sites is 2. The van der Waals surface area contributed by atoms with Crippen LogP contribution in [0.2, 0.25) is 0 Å². The molecule has 3 rings (SSSR count).